The van der Waals surface area contributed by atoms with Crippen molar-refractivity contribution in [1.82, 2.24) is 39.6 Å². The third kappa shape index (κ3) is 12.7. The normalized spacial score (nSPS) is 11.6. The summed E-state index contributed by atoms with van der Waals surface area (Å²) in [7, 11) is 3.36. The SMILES string of the molecule is CCCc1nc(-c2ccc(F)c(Cl)c2F)n(C)n1.CCCc1nc(-c2ccc(F)cc2F)[nH][n+]1Cc1cc(C(C)(C)C)cc(C(C)(C)C)c1.CCCc1nc(-c2ccc(F)cc2F)n(C)n1. The van der Waals surface area contributed by atoms with Gasteiger partial charge in [-0.05, 0) is 88.2 Å². The minimum Gasteiger partial charge on any atom is -0.249 e. The predicted octanol–water partition coefficient (Wildman–Crippen LogP) is 12.3. The molecule has 0 saturated carbocycles. The molecular formula is C50H59ClF6N9+. The molecule has 4 aromatic carbocycles. The minimum atomic E-state index is -0.810. The van der Waals surface area contributed by atoms with E-state index in [0.29, 0.717) is 42.1 Å². The maximum Gasteiger partial charge on any atom is 0.319 e. The average Bonchev–Trinajstić information content (AvgIpc) is 3.92. The Morgan fingerprint density at radius 2 is 1.05 bits per heavy atom. The van der Waals surface area contributed by atoms with Crippen LogP contribution < -0.4 is 4.68 Å². The van der Waals surface area contributed by atoms with Gasteiger partial charge in [0.15, 0.2) is 29.1 Å². The molecule has 0 aliphatic carbocycles. The molecule has 7 rings (SSSR count). The average molecular weight is 936 g/mol. The number of nitrogens with one attached hydrogen (secondary N) is 1. The van der Waals surface area contributed by atoms with E-state index in [1.807, 2.05) is 18.5 Å². The molecule has 0 aliphatic heterocycles. The Morgan fingerprint density at radius 3 is 1.52 bits per heavy atom. The van der Waals surface area contributed by atoms with Gasteiger partial charge >= 0.3 is 5.82 Å². The molecule has 0 amide bonds. The van der Waals surface area contributed by atoms with E-state index in [1.54, 1.807) is 14.1 Å². The number of benzene rings is 4. The summed E-state index contributed by atoms with van der Waals surface area (Å²) in [4.78, 5) is 13.1. The first-order valence-electron chi connectivity index (χ1n) is 22.0. The zero-order valence-corrected chi connectivity index (χ0v) is 40.3. The van der Waals surface area contributed by atoms with Crippen LogP contribution in [0.2, 0.25) is 5.02 Å². The van der Waals surface area contributed by atoms with Crippen molar-refractivity contribution in [2.75, 3.05) is 0 Å². The molecule has 0 atom stereocenters. The largest absolute Gasteiger partial charge is 0.319 e. The Hall–Kier alpha value is -5.83. The van der Waals surface area contributed by atoms with Crippen molar-refractivity contribution in [2.24, 2.45) is 14.1 Å². The van der Waals surface area contributed by atoms with Gasteiger partial charge < -0.3 is 0 Å². The molecular weight excluding hydrogens is 876 g/mol. The van der Waals surface area contributed by atoms with E-state index in [-0.39, 0.29) is 27.5 Å². The summed E-state index contributed by atoms with van der Waals surface area (Å²) in [6.07, 6.45) is 4.97. The molecule has 0 fully saturated rings. The number of hydrogen-bond donors (Lipinski definition) is 1. The van der Waals surface area contributed by atoms with Crippen LogP contribution in [0, 0.1) is 34.9 Å². The molecule has 0 aliphatic rings. The quantitative estimate of drug-likeness (QED) is 0.0792. The summed E-state index contributed by atoms with van der Waals surface area (Å²) in [5.74, 6) is -0.664. The summed E-state index contributed by atoms with van der Waals surface area (Å²) in [5.41, 5.74) is 4.51. The number of rotatable bonds is 11. The van der Waals surface area contributed by atoms with Crippen LogP contribution in [0.3, 0.4) is 0 Å². The number of aryl methyl sites for hydroxylation is 5. The maximum atomic E-state index is 14.3. The second kappa shape index (κ2) is 21.6. The van der Waals surface area contributed by atoms with Crippen molar-refractivity contribution >= 4 is 11.6 Å². The van der Waals surface area contributed by atoms with Crippen LogP contribution in [0.25, 0.3) is 34.2 Å². The zero-order valence-electron chi connectivity index (χ0n) is 39.5. The minimum absolute atomic E-state index is 0.0311. The van der Waals surface area contributed by atoms with Gasteiger partial charge in [-0.3, -0.25) is 0 Å². The highest BCUT2D eigenvalue weighted by Gasteiger charge is 2.26. The Morgan fingerprint density at radius 1 is 0.576 bits per heavy atom. The molecule has 0 radical (unpaired) electrons. The zero-order chi connectivity index (χ0) is 48.7. The van der Waals surface area contributed by atoms with Crippen LogP contribution in [0.1, 0.15) is 116 Å². The van der Waals surface area contributed by atoms with Gasteiger partial charge in [-0.25, -0.2) is 45.7 Å². The van der Waals surface area contributed by atoms with Crippen LogP contribution in [-0.4, -0.2) is 39.6 Å². The van der Waals surface area contributed by atoms with Gasteiger partial charge in [0.05, 0.1) is 23.1 Å². The van der Waals surface area contributed by atoms with Crippen LogP contribution in [-0.2, 0) is 50.7 Å². The highest BCUT2D eigenvalue weighted by Crippen LogP contribution is 2.31. The Bertz CT molecular complexity index is 2730. The molecule has 3 heterocycles. The molecule has 16 heteroatoms. The van der Waals surface area contributed by atoms with Gasteiger partial charge in [-0.1, -0.05) is 92.1 Å². The second-order valence-corrected chi connectivity index (χ2v) is 18.5. The number of nitrogens with zero attached hydrogens (tertiary/aromatic N) is 8. The lowest BCUT2D eigenvalue weighted by Gasteiger charge is -2.26. The highest BCUT2D eigenvalue weighted by atomic mass is 35.5. The van der Waals surface area contributed by atoms with E-state index in [9.17, 15) is 26.3 Å². The first-order chi connectivity index (χ1) is 31.0. The lowest BCUT2D eigenvalue weighted by Crippen LogP contribution is -2.40. The van der Waals surface area contributed by atoms with Gasteiger partial charge in [-0.15, -0.1) is 0 Å². The van der Waals surface area contributed by atoms with E-state index in [2.05, 4.69) is 96.9 Å². The van der Waals surface area contributed by atoms with Crippen molar-refractivity contribution in [3.63, 3.8) is 0 Å². The molecule has 352 valence electrons. The van der Waals surface area contributed by atoms with E-state index < -0.39 is 39.9 Å². The Kier molecular flexibility index (Phi) is 16.8. The maximum absolute atomic E-state index is 14.3. The van der Waals surface area contributed by atoms with Crippen molar-refractivity contribution < 1.29 is 31.0 Å². The number of aromatic amines is 1. The van der Waals surface area contributed by atoms with E-state index >= 15 is 0 Å². The van der Waals surface area contributed by atoms with Gasteiger partial charge in [0.2, 0.25) is 0 Å². The van der Waals surface area contributed by atoms with Crippen molar-refractivity contribution in [3.8, 4) is 34.2 Å². The van der Waals surface area contributed by atoms with Gasteiger partial charge in [0.1, 0.15) is 40.7 Å². The third-order valence-electron chi connectivity index (χ3n) is 10.5. The monoisotopic (exact) mass is 934 g/mol. The number of aromatic nitrogens is 9. The van der Waals surface area contributed by atoms with Crippen molar-refractivity contribution in [1.29, 1.82) is 0 Å². The van der Waals surface area contributed by atoms with Crippen LogP contribution in [0.4, 0.5) is 26.3 Å². The molecule has 7 aromatic rings. The molecule has 0 unspecified atom stereocenters. The predicted molar refractivity (Wildman–Crippen MR) is 247 cm³/mol. The molecule has 1 N–H and O–H groups in total. The molecule has 9 nitrogen and oxygen atoms in total. The van der Waals surface area contributed by atoms with Crippen molar-refractivity contribution in [2.45, 2.75) is 118 Å². The molecule has 66 heavy (non-hydrogen) atoms. The topological polar surface area (TPSA) is 94.0 Å². The fourth-order valence-electron chi connectivity index (χ4n) is 6.96. The summed E-state index contributed by atoms with van der Waals surface area (Å²) in [5, 5.41) is 11.1. The summed E-state index contributed by atoms with van der Waals surface area (Å²) >= 11 is 5.55. The second-order valence-electron chi connectivity index (χ2n) is 18.2. The Balaban J connectivity index is 0.000000199. The first-order valence-corrected chi connectivity index (χ1v) is 22.4. The fourth-order valence-corrected chi connectivity index (χ4v) is 7.12. The highest BCUT2D eigenvalue weighted by molar-refractivity contribution is 6.31. The van der Waals surface area contributed by atoms with Gasteiger partial charge in [-0.2, -0.15) is 20.0 Å². The number of H-pyrrole nitrogens is 1. The smallest absolute Gasteiger partial charge is 0.249 e. The van der Waals surface area contributed by atoms with E-state index in [4.69, 9.17) is 11.6 Å². The molecule has 0 saturated heterocycles. The van der Waals surface area contributed by atoms with Crippen LogP contribution in [0.5, 0.6) is 0 Å². The molecule has 0 bridgehead atoms. The van der Waals surface area contributed by atoms with Crippen LogP contribution >= 0.6 is 11.6 Å². The van der Waals surface area contributed by atoms with Crippen LogP contribution in [0.15, 0.2) is 66.7 Å². The van der Waals surface area contributed by atoms with E-state index in [0.717, 1.165) is 56.1 Å². The van der Waals surface area contributed by atoms with Gasteiger partial charge in [0.25, 0.3) is 5.82 Å². The summed E-state index contributed by atoms with van der Waals surface area (Å²) < 4.78 is 86.0. The van der Waals surface area contributed by atoms with E-state index in [1.165, 1.54) is 56.4 Å². The fraction of sp³-hybridized carbons (Fsp3) is 0.400. The standard InChI is InChI=1S/C26H33F2N3.C12H12ClF2N3.C12H13F2N3/c1-8-9-23-29-24(21-11-10-20(27)15-22(21)28)30-31(23)16-17-12-18(25(2,3)4)14-19(13-17)26(5,6)7;1-3-4-9-16-12(18(2)17-9)7-5-6-8(14)10(13)11(7)15;1-3-4-11-15-12(17(2)16-11)9-6-5-8(13)7-10(9)14/h10-15H,8-9,16H2,1-7H3;5-6H,3-4H2,1-2H3;5-7H,3-4H2,1-2H3/p+1. The number of halogens is 7. The lowest BCUT2D eigenvalue weighted by molar-refractivity contribution is -0.749. The molecule has 3 aromatic heterocycles. The lowest BCUT2D eigenvalue weighted by atomic mass is 9.79. The van der Waals surface area contributed by atoms with Gasteiger partial charge in [0, 0.05) is 39.1 Å². The number of hydrogen-bond acceptors (Lipinski definition) is 5. The third-order valence-corrected chi connectivity index (χ3v) is 10.9. The molecule has 0 spiro atoms. The first kappa shape index (κ1) is 51.2. The summed E-state index contributed by atoms with van der Waals surface area (Å²) in [6, 6.07) is 16.3. The Labute approximate surface area is 388 Å². The van der Waals surface area contributed by atoms with Crippen molar-refractivity contribution in [3.05, 3.63) is 141 Å². The summed E-state index contributed by atoms with van der Waals surface area (Å²) in [6.45, 7) is 20.1.